The van der Waals surface area contributed by atoms with Gasteiger partial charge in [0, 0.05) is 18.4 Å². The van der Waals surface area contributed by atoms with Gasteiger partial charge in [0.25, 0.3) is 11.8 Å². The van der Waals surface area contributed by atoms with Gasteiger partial charge in [-0.15, -0.1) is 0 Å². The first-order chi connectivity index (χ1) is 9.67. The number of carbonyl (C=O) groups is 2. The molecule has 0 aliphatic heterocycles. The molecular weight excluding hydrogens is 329 g/mol. The molecule has 2 rings (SSSR count). The fourth-order valence-corrected chi connectivity index (χ4v) is 2.66. The van der Waals surface area contributed by atoms with E-state index in [0.29, 0.717) is 0 Å². The second-order valence-electron chi connectivity index (χ2n) is 4.74. The van der Waals surface area contributed by atoms with E-state index in [0.717, 1.165) is 7.11 Å². The van der Waals surface area contributed by atoms with Crippen LogP contribution in [0.1, 0.15) is 23.2 Å². The van der Waals surface area contributed by atoms with Crippen LogP contribution in [0.2, 0.25) is 10.3 Å². The summed E-state index contributed by atoms with van der Waals surface area (Å²) in [5.74, 6) is -4.70. The number of hydrogen-bond donors (Lipinski definition) is 1. The van der Waals surface area contributed by atoms with Gasteiger partial charge in [-0.2, -0.15) is 0 Å². The smallest absolute Gasteiger partial charge is 0.332 e. The van der Waals surface area contributed by atoms with Crippen LogP contribution in [-0.4, -0.2) is 35.4 Å². The second-order valence-corrected chi connectivity index (χ2v) is 5.51. The quantitative estimate of drug-likeness (QED) is 0.679. The van der Waals surface area contributed by atoms with Crippen molar-refractivity contribution < 1.29 is 23.1 Å². The summed E-state index contributed by atoms with van der Waals surface area (Å²) < 4.78 is 30.7. The first-order valence-corrected chi connectivity index (χ1v) is 6.55. The van der Waals surface area contributed by atoms with Gasteiger partial charge in [0.1, 0.15) is 15.8 Å². The van der Waals surface area contributed by atoms with E-state index in [1.807, 2.05) is 0 Å². The molecule has 1 amide bonds. The van der Waals surface area contributed by atoms with Crippen LogP contribution in [-0.2, 0) is 9.53 Å². The van der Waals surface area contributed by atoms with Crippen molar-refractivity contribution >= 4 is 35.1 Å². The molecule has 1 fully saturated rings. The lowest BCUT2D eigenvalue weighted by Gasteiger charge is -2.44. The Labute approximate surface area is 128 Å². The lowest BCUT2D eigenvalue weighted by atomic mass is 9.73. The maximum absolute atomic E-state index is 13.1. The Bertz CT molecular complexity index is 582. The molecule has 0 saturated heterocycles. The molecule has 1 N–H and O–H groups in total. The van der Waals surface area contributed by atoms with Gasteiger partial charge in [0.15, 0.2) is 0 Å². The van der Waals surface area contributed by atoms with Crippen molar-refractivity contribution in [3.63, 3.8) is 0 Å². The molecule has 0 unspecified atom stereocenters. The first kappa shape index (κ1) is 15.9. The Hall–Kier alpha value is -1.47. The zero-order valence-electron chi connectivity index (χ0n) is 10.8. The van der Waals surface area contributed by atoms with Gasteiger partial charge in [-0.1, -0.05) is 23.2 Å². The molecule has 1 aliphatic rings. The molecule has 0 aromatic carbocycles. The fourth-order valence-electron chi connectivity index (χ4n) is 2.20. The predicted molar refractivity (Wildman–Crippen MR) is 70.7 cm³/mol. The Balaban J connectivity index is 2.22. The molecule has 0 bridgehead atoms. The van der Waals surface area contributed by atoms with E-state index in [4.69, 9.17) is 23.2 Å². The van der Waals surface area contributed by atoms with Gasteiger partial charge in [-0.25, -0.2) is 18.6 Å². The Kier molecular flexibility index (Phi) is 4.08. The maximum atomic E-state index is 13.1. The standard InChI is InChI=1S/C12H10Cl2F2N2O3/c1-21-10(20)11(4-12(15,16)5-11)18-9(19)6-2-7(13)17-8(14)3-6/h2-3H,4-5H2,1H3,(H,18,19). The van der Waals surface area contributed by atoms with Crippen molar-refractivity contribution in [1.29, 1.82) is 0 Å². The van der Waals surface area contributed by atoms with Crippen LogP contribution in [0.3, 0.4) is 0 Å². The van der Waals surface area contributed by atoms with E-state index in [2.05, 4.69) is 15.0 Å². The number of nitrogens with one attached hydrogen (secondary N) is 1. The SMILES string of the molecule is COC(=O)C1(NC(=O)c2cc(Cl)nc(Cl)c2)CC(F)(F)C1. The molecule has 0 atom stereocenters. The number of carbonyl (C=O) groups excluding carboxylic acids is 2. The van der Waals surface area contributed by atoms with Gasteiger partial charge < -0.3 is 10.1 Å². The van der Waals surface area contributed by atoms with Crippen molar-refractivity contribution in [2.24, 2.45) is 0 Å². The van der Waals surface area contributed by atoms with Crippen LogP contribution < -0.4 is 5.32 Å². The van der Waals surface area contributed by atoms with Gasteiger partial charge in [-0.3, -0.25) is 4.79 Å². The number of nitrogens with zero attached hydrogens (tertiary/aromatic N) is 1. The Morgan fingerprint density at radius 2 is 1.81 bits per heavy atom. The van der Waals surface area contributed by atoms with Crippen LogP contribution in [0.25, 0.3) is 0 Å². The topological polar surface area (TPSA) is 68.3 Å². The van der Waals surface area contributed by atoms with Crippen molar-refractivity contribution in [2.45, 2.75) is 24.3 Å². The highest BCUT2D eigenvalue weighted by Gasteiger charge is 2.62. The van der Waals surface area contributed by atoms with E-state index in [1.54, 1.807) is 0 Å². The van der Waals surface area contributed by atoms with E-state index >= 15 is 0 Å². The number of amides is 1. The molecule has 114 valence electrons. The van der Waals surface area contributed by atoms with Crippen LogP contribution >= 0.6 is 23.2 Å². The van der Waals surface area contributed by atoms with Crippen molar-refractivity contribution in [3.8, 4) is 0 Å². The fraction of sp³-hybridized carbons (Fsp3) is 0.417. The van der Waals surface area contributed by atoms with Gasteiger partial charge in [0.05, 0.1) is 7.11 Å². The van der Waals surface area contributed by atoms with Gasteiger partial charge in [0.2, 0.25) is 0 Å². The number of ether oxygens (including phenoxy) is 1. The van der Waals surface area contributed by atoms with E-state index in [9.17, 15) is 18.4 Å². The van der Waals surface area contributed by atoms with Gasteiger partial charge >= 0.3 is 5.97 Å². The highest BCUT2D eigenvalue weighted by atomic mass is 35.5. The monoisotopic (exact) mass is 338 g/mol. The number of pyridine rings is 1. The van der Waals surface area contributed by atoms with Gasteiger partial charge in [-0.05, 0) is 12.1 Å². The second kappa shape index (κ2) is 5.38. The minimum absolute atomic E-state index is 0.0125. The molecule has 9 heteroatoms. The summed E-state index contributed by atoms with van der Waals surface area (Å²) in [6.07, 6.45) is -1.63. The van der Waals surface area contributed by atoms with E-state index < -0.39 is 36.2 Å². The van der Waals surface area contributed by atoms with E-state index in [1.165, 1.54) is 12.1 Å². The van der Waals surface area contributed by atoms with Crippen LogP contribution in [0.5, 0.6) is 0 Å². The molecule has 0 spiro atoms. The molecule has 5 nitrogen and oxygen atoms in total. The number of halogens is 4. The number of alkyl halides is 2. The zero-order valence-corrected chi connectivity index (χ0v) is 12.3. The predicted octanol–water partition coefficient (Wildman–Crippen LogP) is 2.46. The molecule has 0 radical (unpaired) electrons. The Morgan fingerprint density at radius 3 is 2.24 bits per heavy atom. The minimum Gasteiger partial charge on any atom is -0.467 e. The number of esters is 1. The van der Waals surface area contributed by atoms with Crippen molar-refractivity contribution in [2.75, 3.05) is 7.11 Å². The molecular formula is C12H10Cl2F2N2O3. The maximum Gasteiger partial charge on any atom is 0.332 e. The molecule has 1 heterocycles. The highest BCUT2D eigenvalue weighted by Crippen LogP contribution is 2.46. The third-order valence-electron chi connectivity index (χ3n) is 3.07. The normalized spacial score (nSPS) is 18.5. The summed E-state index contributed by atoms with van der Waals surface area (Å²) in [7, 11) is 1.06. The van der Waals surface area contributed by atoms with E-state index in [-0.39, 0.29) is 15.9 Å². The number of aromatic nitrogens is 1. The van der Waals surface area contributed by atoms with Crippen LogP contribution in [0.15, 0.2) is 12.1 Å². The average molecular weight is 339 g/mol. The van der Waals surface area contributed by atoms with Crippen LogP contribution in [0, 0.1) is 0 Å². The molecule has 1 saturated carbocycles. The molecule has 1 aliphatic carbocycles. The van der Waals surface area contributed by atoms with Crippen molar-refractivity contribution in [3.05, 3.63) is 28.0 Å². The molecule has 1 aromatic rings. The number of rotatable bonds is 3. The highest BCUT2D eigenvalue weighted by molar-refractivity contribution is 6.33. The zero-order chi connectivity index (χ0) is 15.8. The summed E-state index contributed by atoms with van der Waals surface area (Å²) in [5.41, 5.74) is -1.73. The lowest BCUT2D eigenvalue weighted by molar-refractivity contribution is -0.178. The Morgan fingerprint density at radius 1 is 1.29 bits per heavy atom. The van der Waals surface area contributed by atoms with Crippen LogP contribution in [0.4, 0.5) is 8.78 Å². The summed E-state index contributed by atoms with van der Waals surface area (Å²) in [5, 5.41) is 2.21. The molecule has 1 aromatic heterocycles. The lowest BCUT2D eigenvalue weighted by Crippen LogP contribution is -2.67. The minimum atomic E-state index is -3.02. The summed E-state index contributed by atoms with van der Waals surface area (Å²) in [6, 6.07) is 2.43. The third kappa shape index (κ3) is 3.24. The van der Waals surface area contributed by atoms with Crippen molar-refractivity contribution in [1.82, 2.24) is 10.3 Å². The number of methoxy groups -OCH3 is 1. The summed E-state index contributed by atoms with van der Waals surface area (Å²) in [4.78, 5) is 27.4. The third-order valence-corrected chi connectivity index (χ3v) is 3.46. The number of hydrogen-bond acceptors (Lipinski definition) is 4. The first-order valence-electron chi connectivity index (χ1n) is 5.79. The average Bonchev–Trinajstić information content (AvgIpc) is 2.33. The largest absolute Gasteiger partial charge is 0.467 e. The summed E-state index contributed by atoms with van der Waals surface area (Å²) in [6.45, 7) is 0. The molecule has 21 heavy (non-hydrogen) atoms. The summed E-state index contributed by atoms with van der Waals surface area (Å²) >= 11 is 11.3.